The van der Waals surface area contributed by atoms with Crippen LogP contribution in [0.2, 0.25) is 0 Å². The van der Waals surface area contributed by atoms with Gasteiger partial charge in [0.2, 0.25) is 0 Å². The van der Waals surface area contributed by atoms with Crippen LogP contribution in [0, 0.1) is 0 Å². The van der Waals surface area contributed by atoms with Crippen molar-refractivity contribution < 1.29 is 13.2 Å². The van der Waals surface area contributed by atoms with Crippen molar-refractivity contribution in [3.8, 4) is 0 Å². The largest absolute Gasteiger partial charge is 0.416 e. The van der Waals surface area contributed by atoms with E-state index in [9.17, 15) is 13.2 Å². The van der Waals surface area contributed by atoms with Crippen molar-refractivity contribution in [2.75, 3.05) is 18.1 Å². The number of hydrogen-bond acceptors (Lipinski definition) is 5. The molecule has 4 nitrogen and oxygen atoms in total. The first kappa shape index (κ1) is 20.7. The van der Waals surface area contributed by atoms with Crippen LogP contribution >= 0.6 is 11.8 Å². The molecule has 0 amide bonds. The van der Waals surface area contributed by atoms with Gasteiger partial charge in [-0.15, -0.1) is 0 Å². The van der Waals surface area contributed by atoms with E-state index in [1.54, 1.807) is 6.07 Å². The third-order valence-corrected chi connectivity index (χ3v) is 5.56. The summed E-state index contributed by atoms with van der Waals surface area (Å²) >= 11 is 1.42. The summed E-state index contributed by atoms with van der Waals surface area (Å²) in [4.78, 5) is 11.5. The summed E-state index contributed by atoms with van der Waals surface area (Å²) in [5.74, 6) is 0.586. The van der Waals surface area contributed by atoms with E-state index in [4.69, 9.17) is 0 Å². The molecule has 30 heavy (non-hydrogen) atoms. The van der Waals surface area contributed by atoms with Crippen LogP contribution in [0.1, 0.15) is 22.4 Å². The van der Waals surface area contributed by atoms with Crippen molar-refractivity contribution in [3.05, 3.63) is 77.0 Å². The van der Waals surface area contributed by atoms with Crippen molar-refractivity contribution in [2.45, 2.75) is 30.8 Å². The number of rotatable bonds is 5. The fraction of sp³-hybridized carbons (Fsp3) is 0.273. The van der Waals surface area contributed by atoms with E-state index in [-0.39, 0.29) is 0 Å². The lowest BCUT2D eigenvalue weighted by Gasteiger charge is -2.29. The quantitative estimate of drug-likeness (QED) is 0.426. The lowest BCUT2D eigenvalue weighted by Crippen LogP contribution is -2.31. The molecule has 1 aromatic heterocycles. The lowest BCUT2D eigenvalue weighted by molar-refractivity contribution is -0.137. The second-order valence-corrected chi connectivity index (χ2v) is 7.91. The Kier molecular flexibility index (Phi) is 5.97. The summed E-state index contributed by atoms with van der Waals surface area (Å²) in [7, 11) is 0. The van der Waals surface area contributed by atoms with Gasteiger partial charge in [0.1, 0.15) is 5.82 Å². The third kappa shape index (κ3) is 4.76. The molecule has 0 bridgehead atoms. The standard InChI is InChI=1S/C22H21F3N4S/c1-30-21-27-19-14-29(13-15-6-3-2-4-7-15)11-10-18(19)20(28-21)26-17-9-5-8-16(12-17)22(23,24)25/h2-9,12H,10-11,13-14H2,1H3,(H,26,27,28). The maximum atomic E-state index is 13.1. The second-order valence-electron chi connectivity index (χ2n) is 7.13. The summed E-state index contributed by atoms with van der Waals surface area (Å²) in [6.07, 6.45) is -1.76. The summed E-state index contributed by atoms with van der Waals surface area (Å²) < 4.78 is 39.2. The summed E-state index contributed by atoms with van der Waals surface area (Å²) in [6, 6.07) is 15.4. The van der Waals surface area contributed by atoms with Gasteiger partial charge in [-0.2, -0.15) is 13.2 Å². The molecule has 0 saturated heterocycles. The Morgan fingerprint density at radius 2 is 1.87 bits per heavy atom. The van der Waals surface area contributed by atoms with Gasteiger partial charge in [0.05, 0.1) is 11.3 Å². The molecule has 1 aliphatic rings. The van der Waals surface area contributed by atoms with Crippen molar-refractivity contribution in [1.82, 2.24) is 14.9 Å². The number of nitrogens with one attached hydrogen (secondary N) is 1. The topological polar surface area (TPSA) is 41.1 Å². The lowest BCUT2D eigenvalue weighted by atomic mass is 10.0. The Morgan fingerprint density at radius 1 is 1.07 bits per heavy atom. The molecule has 2 heterocycles. The van der Waals surface area contributed by atoms with Gasteiger partial charge in [0, 0.05) is 30.9 Å². The minimum atomic E-state index is -4.38. The Hall–Kier alpha value is -2.58. The summed E-state index contributed by atoms with van der Waals surface area (Å²) in [5, 5.41) is 3.70. The number of halogens is 3. The van der Waals surface area contributed by atoms with Crippen LogP contribution in [0.15, 0.2) is 59.8 Å². The zero-order valence-electron chi connectivity index (χ0n) is 16.4. The average molecular weight is 430 g/mol. The minimum absolute atomic E-state index is 0.365. The van der Waals surface area contributed by atoms with Crippen LogP contribution in [0.5, 0.6) is 0 Å². The number of aromatic nitrogens is 2. The maximum Gasteiger partial charge on any atom is 0.416 e. The number of hydrogen-bond donors (Lipinski definition) is 1. The maximum absolute atomic E-state index is 13.1. The Labute approximate surface area is 177 Å². The smallest absolute Gasteiger partial charge is 0.340 e. The highest BCUT2D eigenvalue weighted by atomic mass is 32.2. The molecule has 0 unspecified atom stereocenters. The molecule has 2 aromatic carbocycles. The molecule has 1 aliphatic heterocycles. The molecule has 4 rings (SSSR count). The highest BCUT2D eigenvalue weighted by molar-refractivity contribution is 7.98. The van der Waals surface area contributed by atoms with Crippen LogP contribution in [-0.4, -0.2) is 27.7 Å². The van der Waals surface area contributed by atoms with Crippen LogP contribution < -0.4 is 5.32 Å². The Morgan fingerprint density at radius 3 is 2.60 bits per heavy atom. The van der Waals surface area contributed by atoms with Gasteiger partial charge < -0.3 is 5.32 Å². The first-order valence-corrected chi connectivity index (χ1v) is 10.8. The molecule has 0 aliphatic carbocycles. The fourth-order valence-electron chi connectivity index (χ4n) is 3.54. The van der Waals surface area contributed by atoms with Gasteiger partial charge >= 0.3 is 6.18 Å². The second kappa shape index (κ2) is 8.65. The van der Waals surface area contributed by atoms with E-state index >= 15 is 0 Å². The predicted octanol–water partition coefficient (Wildman–Crippen LogP) is 5.52. The van der Waals surface area contributed by atoms with E-state index < -0.39 is 11.7 Å². The molecule has 0 radical (unpaired) electrons. The molecule has 0 fully saturated rings. The molecule has 3 aromatic rings. The number of benzene rings is 2. The third-order valence-electron chi connectivity index (χ3n) is 5.01. The number of alkyl halides is 3. The first-order chi connectivity index (χ1) is 14.4. The summed E-state index contributed by atoms with van der Waals surface area (Å²) in [6.45, 7) is 2.34. The molecule has 1 N–H and O–H groups in total. The van der Waals surface area contributed by atoms with Crippen molar-refractivity contribution in [1.29, 1.82) is 0 Å². The van der Waals surface area contributed by atoms with E-state index in [1.165, 1.54) is 23.4 Å². The van der Waals surface area contributed by atoms with Crippen LogP contribution in [0.3, 0.4) is 0 Å². The van der Waals surface area contributed by atoms with Crippen LogP contribution in [0.25, 0.3) is 0 Å². The van der Waals surface area contributed by atoms with Crippen LogP contribution in [-0.2, 0) is 25.7 Å². The predicted molar refractivity (Wildman–Crippen MR) is 113 cm³/mol. The molecule has 0 spiro atoms. The zero-order valence-corrected chi connectivity index (χ0v) is 17.2. The number of thioether (sulfide) groups is 1. The molecule has 0 atom stereocenters. The molecule has 156 valence electrons. The first-order valence-electron chi connectivity index (χ1n) is 9.57. The van der Waals surface area contributed by atoms with Crippen molar-refractivity contribution in [2.24, 2.45) is 0 Å². The van der Waals surface area contributed by atoms with Crippen molar-refractivity contribution in [3.63, 3.8) is 0 Å². The number of anilines is 2. The molecular formula is C22H21F3N4S. The van der Waals surface area contributed by atoms with E-state index in [0.29, 0.717) is 23.2 Å². The van der Waals surface area contributed by atoms with E-state index in [0.717, 1.165) is 42.9 Å². The Bertz CT molecular complexity index is 1020. The Balaban J connectivity index is 1.59. The van der Waals surface area contributed by atoms with E-state index in [2.05, 4.69) is 32.3 Å². The SMILES string of the molecule is CSc1nc2c(c(Nc3cccc(C(F)(F)F)c3)n1)CCN(Cc1ccccc1)C2. The van der Waals surface area contributed by atoms with Gasteiger partial charge in [0.25, 0.3) is 0 Å². The average Bonchev–Trinajstić information content (AvgIpc) is 2.73. The van der Waals surface area contributed by atoms with Gasteiger partial charge in [-0.05, 0) is 36.4 Å². The minimum Gasteiger partial charge on any atom is -0.340 e. The van der Waals surface area contributed by atoms with Crippen LogP contribution in [0.4, 0.5) is 24.7 Å². The van der Waals surface area contributed by atoms with Gasteiger partial charge in [0.15, 0.2) is 5.16 Å². The molecular weight excluding hydrogens is 409 g/mol. The monoisotopic (exact) mass is 430 g/mol. The zero-order chi connectivity index (χ0) is 21.1. The highest BCUT2D eigenvalue weighted by Crippen LogP contribution is 2.33. The fourth-order valence-corrected chi connectivity index (χ4v) is 3.93. The summed E-state index contributed by atoms with van der Waals surface area (Å²) in [5.41, 5.74) is 2.81. The van der Waals surface area contributed by atoms with Gasteiger partial charge in [-0.3, -0.25) is 4.90 Å². The van der Waals surface area contributed by atoms with Crippen molar-refractivity contribution >= 4 is 23.3 Å². The molecule has 8 heteroatoms. The van der Waals surface area contributed by atoms with E-state index in [1.807, 2.05) is 24.5 Å². The van der Waals surface area contributed by atoms with Gasteiger partial charge in [-0.1, -0.05) is 48.2 Å². The molecule has 0 saturated carbocycles. The number of nitrogens with zero attached hydrogens (tertiary/aromatic N) is 3. The highest BCUT2D eigenvalue weighted by Gasteiger charge is 2.30. The number of fused-ring (bicyclic) bond motifs is 1. The van der Waals surface area contributed by atoms with Gasteiger partial charge in [-0.25, -0.2) is 9.97 Å². The normalized spacial score (nSPS) is 14.4.